The molecule has 0 unspecified atom stereocenters. The molecule has 0 bridgehead atoms. The van der Waals surface area contributed by atoms with Gasteiger partial charge in [0.2, 0.25) is 5.88 Å². The standard InChI is InChI=1S/C18H22N4O4S/c1-2-26-18-16(27-10-5-15(23)24)17-19-13-11-12(21-6-8-25-9-7-21)3-4-14(13)22(17)20-18/h3-4,11,20H,2,5-10H2,1H3,(H,23,24). The lowest BCUT2D eigenvalue weighted by atomic mass is 10.2. The average molecular weight is 390 g/mol. The molecule has 3 heterocycles. The number of fused-ring (bicyclic) bond motifs is 3. The molecule has 0 radical (unpaired) electrons. The molecule has 1 saturated heterocycles. The van der Waals surface area contributed by atoms with Gasteiger partial charge in [-0.3, -0.25) is 9.89 Å². The van der Waals surface area contributed by atoms with Crippen molar-refractivity contribution in [3.05, 3.63) is 18.2 Å². The summed E-state index contributed by atoms with van der Waals surface area (Å²) in [7, 11) is 0. The number of carbonyl (C=O) groups is 1. The van der Waals surface area contributed by atoms with Crippen LogP contribution in [-0.4, -0.2) is 64.3 Å². The summed E-state index contributed by atoms with van der Waals surface area (Å²) in [6.07, 6.45) is 0.0922. The number of nitrogens with one attached hydrogen (secondary N) is 1. The van der Waals surface area contributed by atoms with Crippen LogP contribution in [0, 0.1) is 0 Å². The van der Waals surface area contributed by atoms with Crippen molar-refractivity contribution in [3.63, 3.8) is 0 Å². The molecule has 0 saturated carbocycles. The molecule has 0 spiro atoms. The lowest BCUT2D eigenvalue weighted by Gasteiger charge is -2.28. The summed E-state index contributed by atoms with van der Waals surface area (Å²) in [6.45, 7) is 5.68. The van der Waals surface area contributed by atoms with Crippen LogP contribution in [-0.2, 0) is 9.53 Å². The van der Waals surface area contributed by atoms with E-state index < -0.39 is 5.97 Å². The van der Waals surface area contributed by atoms with E-state index in [1.165, 1.54) is 11.8 Å². The number of anilines is 1. The Balaban J connectivity index is 1.71. The number of aromatic nitrogens is 3. The number of rotatable bonds is 7. The number of thioether (sulfide) groups is 1. The number of H-pyrrole nitrogens is 1. The van der Waals surface area contributed by atoms with Crippen molar-refractivity contribution < 1.29 is 19.4 Å². The lowest BCUT2D eigenvalue weighted by molar-refractivity contribution is -0.136. The van der Waals surface area contributed by atoms with Gasteiger partial charge in [0.05, 0.1) is 37.3 Å². The van der Waals surface area contributed by atoms with Gasteiger partial charge in [0.15, 0.2) is 5.65 Å². The van der Waals surface area contributed by atoms with E-state index in [2.05, 4.69) is 28.2 Å². The Bertz CT molecular complexity index is 961. The third-order valence-corrected chi connectivity index (χ3v) is 5.55. The first kappa shape index (κ1) is 18.0. The molecule has 1 aliphatic rings. The van der Waals surface area contributed by atoms with Gasteiger partial charge >= 0.3 is 5.97 Å². The number of carboxylic acids is 1. The van der Waals surface area contributed by atoms with E-state index in [0.29, 0.717) is 18.2 Å². The van der Waals surface area contributed by atoms with Crippen LogP contribution in [0.25, 0.3) is 16.7 Å². The Kier molecular flexibility index (Phi) is 5.13. The highest BCUT2D eigenvalue weighted by Crippen LogP contribution is 2.35. The molecule has 2 N–H and O–H groups in total. The van der Waals surface area contributed by atoms with Gasteiger partial charge in [0, 0.05) is 24.5 Å². The maximum atomic E-state index is 10.8. The predicted octanol–water partition coefficient (Wildman–Crippen LogP) is 2.62. The topological polar surface area (TPSA) is 92.1 Å². The van der Waals surface area contributed by atoms with Gasteiger partial charge in [-0.25, -0.2) is 9.50 Å². The van der Waals surface area contributed by atoms with Gasteiger partial charge in [0.1, 0.15) is 4.90 Å². The fraction of sp³-hybridized carbons (Fsp3) is 0.444. The minimum atomic E-state index is -0.810. The summed E-state index contributed by atoms with van der Waals surface area (Å²) in [5.74, 6) is 0.288. The number of hydrogen-bond donors (Lipinski definition) is 2. The normalized spacial score (nSPS) is 14.9. The second-order valence-electron chi connectivity index (χ2n) is 6.24. The number of aromatic amines is 1. The quantitative estimate of drug-likeness (QED) is 0.599. The van der Waals surface area contributed by atoms with Gasteiger partial charge in [-0.1, -0.05) is 0 Å². The van der Waals surface area contributed by atoms with Crippen LogP contribution in [0.5, 0.6) is 5.88 Å². The first-order chi connectivity index (χ1) is 13.2. The molecule has 1 aromatic carbocycles. The van der Waals surface area contributed by atoms with Crippen molar-refractivity contribution in [3.8, 4) is 5.88 Å². The second-order valence-corrected chi connectivity index (χ2v) is 7.34. The molecular formula is C18H22N4O4S. The first-order valence-electron chi connectivity index (χ1n) is 9.01. The number of nitrogens with zero attached hydrogens (tertiary/aromatic N) is 3. The molecule has 144 valence electrons. The lowest BCUT2D eigenvalue weighted by Crippen LogP contribution is -2.36. The molecule has 1 aliphatic heterocycles. The van der Waals surface area contributed by atoms with Crippen LogP contribution in [0.4, 0.5) is 5.69 Å². The van der Waals surface area contributed by atoms with E-state index in [1.807, 2.05) is 11.4 Å². The molecule has 8 nitrogen and oxygen atoms in total. The number of morpholine rings is 1. The fourth-order valence-electron chi connectivity index (χ4n) is 3.22. The number of carboxylic acid groups (broad SMARTS) is 1. The minimum absolute atomic E-state index is 0.0922. The number of aliphatic carboxylic acids is 1. The summed E-state index contributed by atoms with van der Waals surface area (Å²) in [5, 5.41) is 12.2. The minimum Gasteiger partial charge on any atom is -0.481 e. The van der Waals surface area contributed by atoms with Crippen LogP contribution in [0.1, 0.15) is 13.3 Å². The second kappa shape index (κ2) is 7.69. The predicted molar refractivity (Wildman–Crippen MR) is 104 cm³/mol. The van der Waals surface area contributed by atoms with E-state index in [-0.39, 0.29) is 6.42 Å². The van der Waals surface area contributed by atoms with Gasteiger partial charge in [-0.15, -0.1) is 11.8 Å². The number of imidazole rings is 1. The van der Waals surface area contributed by atoms with Gasteiger partial charge in [-0.05, 0) is 25.1 Å². The summed E-state index contributed by atoms with van der Waals surface area (Å²) in [4.78, 5) is 18.8. The van der Waals surface area contributed by atoms with Crippen molar-refractivity contribution in [2.75, 3.05) is 43.6 Å². The Labute approximate surface area is 160 Å². The SMILES string of the molecule is CCOc1[nH]n2c(nc3cc(N4CCOCC4)ccc32)c1SCCC(=O)O. The monoisotopic (exact) mass is 390 g/mol. The third kappa shape index (κ3) is 3.57. The smallest absolute Gasteiger partial charge is 0.304 e. The average Bonchev–Trinajstić information content (AvgIpc) is 3.18. The summed E-state index contributed by atoms with van der Waals surface area (Å²) >= 11 is 1.45. The number of benzene rings is 1. The highest BCUT2D eigenvalue weighted by molar-refractivity contribution is 7.99. The van der Waals surface area contributed by atoms with Crippen LogP contribution >= 0.6 is 11.8 Å². The molecule has 0 aliphatic carbocycles. The zero-order valence-corrected chi connectivity index (χ0v) is 15.9. The molecule has 9 heteroatoms. The highest BCUT2D eigenvalue weighted by atomic mass is 32.2. The molecule has 4 rings (SSSR count). The van der Waals surface area contributed by atoms with Crippen LogP contribution in [0.15, 0.2) is 23.1 Å². The molecule has 2 aromatic heterocycles. The van der Waals surface area contributed by atoms with Gasteiger partial charge in [-0.2, -0.15) is 0 Å². The molecule has 0 amide bonds. The van der Waals surface area contributed by atoms with Crippen molar-refractivity contribution >= 4 is 40.1 Å². The van der Waals surface area contributed by atoms with Gasteiger partial charge in [0.25, 0.3) is 0 Å². The van der Waals surface area contributed by atoms with Crippen LogP contribution < -0.4 is 9.64 Å². The zero-order chi connectivity index (χ0) is 18.8. The van der Waals surface area contributed by atoms with E-state index in [0.717, 1.165) is 53.6 Å². The molecule has 0 atom stereocenters. The number of ether oxygens (including phenoxy) is 2. The Morgan fingerprint density at radius 3 is 2.96 bits per heavy atom. The van der Waals surface area contributed by atoms with Crippen LogP contribution in [0.3, 0.4) is 0 Å². The summed E-state index contributed by atoms with van der Waals surface area (Å²) in [5.41, 5.74) is 3.76. The van der Waals surface area contributed by atoms with E-state index in [1.54, 1.807) is 0 Å². The maximum absolute atomic E-state index is 10.8. The molecular weight excluding hydrogens is 368 g/mol. The first-order valence-corrected chi connectivity index (χ1v) is 10.00. The van der Waals surface area contributed by atoms with E-state index in [9.17, 15) is 4.79 Å². The Hall–Kier alpha value is -2.39. The highest BCUT2D eigenvalue weighted by Gasteiger charge is 2.19. The van der Waals surface area contributed by atoms with Crippen molar-refractivity contribution in [2.45, 2.75) is 18.2 Å². The zero-order valence-electron chi connectivity index (χ0n) is 15.1. The van der Waals surface area contributed by atoms with E-state index >= 15 is 0 Å². The van der Waals surface area contributed by atoms with Crippen molar-refractivity contribution in [1.29, 1.82) is 0 Å². The fourth-order valence-corrected chi connectivity index (χ4v) is 4.20. The van der Waals surface area contributed by atoms with E-state index in [4.69, 9.17) is 19.6 Å². The largest absolute Gasteiger partial charge is 0.481 e. The molecule has 1 fully saturated rings. The summed E-state index contributed by atoms with van der Waals surface area (Å²) < 4.78 is 13.0. The van der Waals surface area contributed by atoms with Crippen molar-refractivity contribution in [1.82, 2.24) is 14.6 Å². The maximum Gasteiger partial charge on any atom is 0.304 e. The molecule has 27 heavy (non-hydrogen) atoms. The third-order valence-electron chi connectivity index (χ3n) is 4.49. The van der Waals surface area contributed by atoms with Crippen LogP contribution in [0.2, 0.25) is 0 Å². The summed E-state index contributed by atoms with van der Waals surface area (Å²) in [6, 6.07) is 6.24. The Morgan fingerprint density at radius 2 is 2.22 bits per heavy atom. The van der Waals surface area contributed by atoms with Gasteiger partial charge < -0.3 is 19.5 Å². The number of hydrogen-bond acceptors (Lipinski definition) is 6. The Morgan fingerprint density at radius 1 is 1.41 bits per heavy atom. The van der Waals surface area contributed by atoms with Crippen molar-refractivity contribution in [2.24, 2.45) is 0 Å². The molecule has 3 aromatic rings.